The number of benzene rings is 1. The van der Waals surface area contributed by atoms with Gasteiger partial charge in [-0.1, -0.05) is 12.1 Å². The van der Waals surface area contributed by atoms with Gasteiger partial charge in [-0.3, -0.25) is 9.80 Å². The summed E-state index contributed by atoms with van der Waals surface area (Å²) in [4.78, 5) is 29.9. The largest absolute Gasteiger partial charge is 0.378 e. The molecule has 0 atom stereocenters. The second-order valence-electron chi connectivity index (χ2n) is 9.73. The van der Waals surface area contributed by atoms with E-state index in [1.54, 1.807) is 0 Å². The van der Waals surface area contributed by atoms with Crippen molar-refractivity contribution < 1.29 is 4.74 Å². The van der Waals surface area contributed by atoms with Gasteiger partial charge >= 0.3 is 0 Å². The standard InChI is InChI=1S/C27H30N8OS/c1-2-21(20-4-5-28-22(20)3-1)26-31-23-16-19(37-25(23)27(32-26)35-12-14-36-15-13-35)17-33-8-10-34(11-9-33)18-24-29-6-7-30-24/h1-7,16,28H,8-15,17-18H2,(H,29,30). The van der Waals surface area contributed by atoms with E-state index in [-0.39, 0.29) is 0 Å². The number of nitrogens with zero attached hydrogens (tertiary/aromatic N) is 6. The van der Waals surface area contributed by atoms with Gasteiger partial charge in [0.05, 0.1) is 30.0 Å². The van der Waals surface area contributed by atoms with Crippen molar-refractivity contribution in [3.63, 3.8) is 0 Å². The number of hydrogen-bond donors (Lipinski definition) is 2. The number of H-pyrrole nitrogens is 2. The molecule has 0 amide bonds. The van der Waals surface area contributed by atoms with E-state index < -0.39 is 0 Å². The van der Waals surface area contributed by atoms with Crippen LogP contribution in [0.5, 0.6) is 0 Å². The molecule has 2 saturated heterocycles. The van der Waals surface area contributed by atoms with E-state index in [4.69, 9.17) is 14.7 Å². The Labute approximate surface area is 219 Å². The zero-order valence-electron chi connectivity index (χ0n) is 20.7. The number of aromatic nitrogens is 5. The van der Waals surface area contributed by atoms with Gasteiger partial charge in [-0.15, -0.1) is 11.3 Å². The molecule has 5 aromatic rings. The molecule has 37 heavy (non-hydrogen) atoms. The Morgan fingerprint density at radius 1 is 0.892 bits per heavy atom. The fourth-order valence-electron chi connectivity index (χ4n) is 5.35. The van der Waals surface area contributed by atoms with E-state index in [1.807, 2.05) is 29.9 Å². The third kappa shape index (κ3) is 4.61. The molecule has 4 aromatic heterocycles. The summed E-state index contributed by atoms with van der Waals surface area (Å²) in [5.74, 6) is 2.86. The van der Waals surface area contributed by atoms with Crippen LogP contribution in [0.15, 0.2) is 48.9 Å². The number of morpholine rings is 1. The highest BCUT2D eigenvalue weighted by atomic mass is 32.1. The van der Waals surface area contributed by atoms with Crippen LogP contribution in [0, 0.1) is 0 Å². The van der Waals surface area contributed by atoms with E-state index in [0.717, 1.165) is 105 Å². The van der Waals surface area contributed by atoms with E-state index >= 15 is 0 Å². The Hall–Kier alpha value is -3.31. The first-order valence-corrected chi connectivity index (χ1v) is 13.7. The van der Waals surface area contributed by atoms with Crippen molar-refractivity contribution in [1.82, 2.24) is 34.7 Å². The molecular weight excluding hydrogens is 484 g/mol. The van der Waals surface area contributed by atoms with Gasteiger partial charge in [0, 0.05) is 85.7 Å². The maximum atomic E-state index is 5.64. The first kappa shape index (κ1) is 22.9. The highest BCUT2D eigenvalue weighted by Crippen LogP contribution is 2.36. The lowest BCUT2D eigenvalue weighted by Crippen LogP contribution is -2.45. The summed E-state index contributed by atoms with van der Waals surface area (Å²) in [5.41, 5.74) is 3.21. The Morgan fingerprint density at radius 2 is 1.73 bits per heavy atom. The summed E-state index contributed by atoms with van der Waals surface area (Å²) >= 11 is 1.84. The number of rotatable bonds is 6. The van der Waals surface area contributed by atoms with Crippen molar-refractivity contribution in [2.45, 2.75) is 13.1 Å². The Morgan fingerprint density at radius 3 is 2.54 bits per heavy atom. The summed E-state index contributed by atoms with van der Waals surface area (Å²) in [6, 6.07) is 10.7. The van der Waals surface area contributed by atoms with Crippen LogP contribution < -0.4 is 4.90 Å². The van der Waals surface area contributed by atoms with E-state index in [1.165, 1.54) is 9.58 Å². The van der Waals surface area contributed by atoms with Crippen LogP contribution in [0.2, 0.25) is 0 Å². The Balaban J connectivity index is 1.17. The van der Waals surface area contributed by atoms with Gasteiger partial charge in [-0.2, -0.15) is 0 Å². The minimum Gasteiger partial charge on any atom is -0.378 e. The molecule has 0 saturated carbocycles. The smallest absolute Gasteiger partial charge is 0.162 e. The number of ether oxygens (including phenoxy) is 1. The predicted molar refractivity (Wildman–Crippen MR) is 147 cm³/mol. The second-order valence-corrected chi connectivity index (χ2v) is 10.9. The third-order valence-corrected chi connectivity index (χ3v) is 8.43. The molecule has 2 N–H and O–H groups in total. The van der Waals surface area contributed by atoms with Crippen molar-refractivity contribution in [3.8, 4) is 11.4 Å². The SMILES string of the molecule is c1cc(-c2nc(N3CCOCC3)c3sc(CN4CCN(Cc5ncc[nH]5)CC4)cc3n2)c2cc[nH]c2c1. The number of thiophene rings is 1. The quantitative estimate of drug-likeness (QED) is 0.357. The summed E-state index contributed by atoms with van der Waals surface area (Å²) in [6.07, 6.45) is 5.70. The highest BCUT2D eigenvalue weighted by molar-refractivity contribution is 7.19. The summed E-state index contributed by atoms with van der Waals surface area (Å²) in [5, 5.41) is 1.15. The van der Waals surface area contributed by atoms with E-state index in [0.29, 0.717) is 0 Å². The average molecular weight is 515 g/mol. The molecule has 6 heterocycles. The van der Waals surface area contributed by atoms with Gasteiger partial charge in [0.25, 0.3) is 0 Å². The zero-order valence-corrected chi connectivity index (χ0v) is 21.5. The molecule has 190 valence electrons. The van der Waals surface area contributed by atoms with Crippen molar-refractivity contribution in [3.05, 3.63) is 59.6 Å². The molecule has 0 spiro atoms. The first-order valence-electron chi connectivity index (χ1n) is 12.9. The molecule has 1 aromatic carbocycles. The van der Waals surface area contributed by atoms with Crippen LogP contribution in [0.25, 0.3) is 32.5 Å². The number of anilines is 1. The molecule has 9 nitrogen and oxygen atoms in total. The summed E-state index contributed by atoms with van der Waals surface area (Å²) < 4.78 is 6.82. The van der Waals surface area contributed by atoms with Crippen molar-refractivity contribution in [1.29, 1.82) is 0 Å². The lowest BCUT2D eigenvalue weighted by Gasteiger charge is -2.33. The number of nitrogens with one attached hydrogen (secondary N) is 2. The normalized spacial score (nSPS) is 17.8. The van der Waals surface area contributed by atoms with Crippen LogP contribution >= 0.6 is 11.3 Å². The lowest BCUT2D eigenvalue weighted by molar-refractivity contribution is 0.121. The van der Waals surface area contributed by atoms with Gasteiger partial charge in [0.1, 0.15) is 5.82 Å². The van der Waals surface area contributed by atoms with E-state index in [9.17, 15) is 0 Å². The van der Waals surface area contributed by atoms with Crippen LogP contribution in [0.3, 0.4) is 0 Å². The number of imidazole rings is 1. The minimum atomic E-state index is 0.731. The molecule has 7 rings (SSSR count). The van der Waals surface area contributed by atoms with Gasteiger partial charge in [-0.25, -0.2) is 15.0 Å². The van der Waals surface area contributed by atoms with Gasteiger partial charge in [-0.05, 0) is 18.2 Å². The molecule has 2 aliphatic rings. The molecule has 2 aliphatic heterocycles. The van der Waals surface area contributed by atoms with Crippen molar-refractivity contribution >= 4 is 38.3 Å². The zero-order chi connectivity index (χ0) is 24.6. The highest BCUT2D eigenvalue weighted by Gasteiger charge is 2.23. The molecule has 0 radical (unpaired) electrons. The molecule has 0 aliphatic carbocycles. The fraction of sp³-hybridized carbons (Fsp3) is 0.370. The minimum absolute atomic E-state index is 0.731. The van der Waals surface area contributed by atoms with Crippen LogP contribution in [-0.2, 0) is 17.8 Å². The Bertz CT molecular complexity index is 1500. The first-order chi connectivity index (χ1) is 18.3. The number of aromatic amines is 2. The fourth-order valence-corrected chi connectivity index (χ4v) is 6.51. The van der Waals surface area contributed by atoms with Crippen molar-refractivity contribution in [2.24, 2.45) is 0 Å². The Kier molecular flexibility index (Phi) is 6.09. The molecular formula is C27H30N8OS. The van der Waals surface area contributed by atoms with Gasteiger partial charge in [0.15, 0.2) is 11.6 Å². The maximum Gasteiger partial charge on any atom is 0.162 e. The monoisotopic (exact) mass is 514 g/mol. The third-order valence-electron chi connectivity index (χ3n) is 7.32. The number of hydrogen-bond acceptors (Lipinski definition) is 8. The maximum absolute atomic E-state index is 5.64. The van der Waals surface area contributed by atoms with Crippen molar-refractivity contribution in [2.75, 3.05) is 57.4 Å². The predicted octanol–water partition coefficient (Wildman–Crippen LogP) is 3.72. The number of piperazine rings is 1. The van der Waals surface area contributed by atoms with Crippen LogP contribution in [-0.4, -0.2) is 87.2 Å². The molecule has 0 unspecified atom stereocenters. The topological polar surface area (TPSA) is 89.2 Å². The van der Waals surface area contributed by atoms with Gasteiger partial charge in [0.2, 0.25) is 0 Å². The average Bonchev–Trinajstić information content (AvgIpc) is 3.70. The number of fused-ring (bicyclic) bond motifs is 2. The molecule has 0 bridgehead atoms. The lowest BCUT2D eigenvalue weighted by atomic mass is 10.1. The van der Waals surface area contributed by atoms with E-state index in [2.05, 4.69) is 60.0 Å². The summed E-state index contributed by atoms with van der Waals surface area (Å²) in [7, 11) is 0. The van der Waals surface area contributed by atoms with Crippen LogP contribution in [0.1, 0.15) is 10.7 Å². The van der Waals surface area contributed by atoms with Gasteiger partial charge < -0.3 is 19.6 Å². The second kappa shape index (κ2) is 9.86. The van der Waals surface area contributed by atoms with Crippen LogP contribution in [0.4, 0.5) is 5.82 Å². The summed E-state index contributed by atoms with van der Waals surface area (Å²) in [6.45, 7) is 9.21. The molecule has 10 heteroatoms. The molecule has 2 fully saturated rings.